The standard InChI is InChI=1S/C20H17N5O/c1-13-6-5-7-14(2)19(13)23-20(26)17-10-11-18(25-24-17)22-16-9-4-3-8-15(16)12-21/h3-11H,1-2H3,(H,22,25)(H,23,26). The summed E-state index contributed by atoms with van der Waals surface area (Å²) in [4.78, 5) is 12.4. The maximum absolute atomic E-state index is 12.4. The van der Waals surface area contributed by atoms with E-state index in [1.807, 2.05) is 38.1 Å². The highest BCUT2D eigenvalue weighted by Crippen LogP contribution is 2.21. The van der Waals surface area contributed by atoms with Crippen LogP contribution >= 0.6 is 0 Å². The average molecular weight is 343 g/mol. The van der Waals surface area contributed by atoms with Gasteiger partial charge in [0, 0.05) is 5.69 Å². The van der Waals surface area contributed by atoms with Gasteiger partial charge in [-0.15, -0.1) is 10.2 Å². The molecule has 0 spiro atoms. The summed E-state index contributed by atoms with van der Waals surface area (Å²) in [6.07, 6.45) is 0. The van der Waals surface area contributed by atoms with Crippen molar-refractivity contribution in [2.45, 2.75) is 13.8 Å². The number of carbonyl (C=O) groups excluding carboxylic acids is 1. The van der Waals surface area contributed by atoms with Crippen LogP contribution in [0.4, 0.5) is 17.2 Å². The molecule has 1 heterocycles. The smallest absolute Gasteiger partial charge is 0.276 e. The highest BCUT2D eigenvalue weighted by molar-refractivity contribution is 6.03. The molecule has 1 aromatic heterocycles. The van der Waals surface area contributed by atoms with E-state index >= 15 is 0 Å². The maximum Gasteiger partial charge on any atom is 0.276 e. The number of aromatic nitrogens is 2. The Morgan fingerprint density at radius 1 is 0.962 bits per heavy atom. The summed E-state index contributed by atoms with van der Waals surface area (Å²) in [5.74, 6) is 0.134. The molecule has 0 aliphatic carbocycles. The second-order valence-electron chi connectivity index (χ2n) is 5.81. The Morgan fingerprint density at radius 3 is 2.35 bits per heavy atom. The van der Waals surface area contributed by atoms with E-state index in [4.69, 9.17) is 5.26 Å². The highest BCUT2D eigenvalue weighted by Gasteiger charge is 2.12. The molecule has 3 aromatic rings. The molecule has 6 heteroatoms. The molecule has 0 saturated carbocycles. The third kappa shape index (κ3) is 3.68. The van der Waals surface area contributed by atoms with Gasteiger partial charge in [-0.2, -0.15) is 5.26 Å². The molecule has 0 fully saturated rings. The molecule has 0 aliphatic heterocycles. The molecular formula is C20H17N5O. The summed E-state index contributed by atoms with van der Waals surface area (Å²) < 4.78 is 0. The van der Waals surface area contributed by atoms with Crippen molar-refractivity contribution in [3.05, 3.63) is 77.0 Å². The number of para-hydroxylation sites is 2. The molecule has 6 nitrogen and oxygen atoms in total. The number of nitrogens with zero attached hydrogens (tertiary/aromatic N) is 3. The van der Waals surface area contributed by atoms with E-state index in [9.17, 15) is 4.79 Å². The predicted molar refractivity (Wildman–Crippen MR) is 100 cm³/mol. The number of hydrogen-bond donors (Lipinski definition) is 2. The summed E-state index contributed by atoms with van der Waals surface area (Å²) in [6, 6.07) is 18.3. The molecule has 2 aromatic carbocycles. The van der Waals surface area contributed by atoms with Gasteiger partial charge in [-0.05, 0) is 49.2 Å². The highest BCUT2D eigenvalue weighted by atomic mass is 16.1. The van der Waals surface area contributed by atoms with E-state index in [0.29, 0.717) is 17.1 Å². The first kappa shape index (κ1) is 17.1. The van der Waals surface area contributed by atoms with Crippen molar-refractivity contribution in [3.63, 3.8) is 0 Å². The van der Waals surface area contributed by atoms with E-state index < -0.39 is 0 Å². The first-order chi connectivity index (χ1) is 12.6. The largest absolute Gasteiger partial charge is 0.338 e. The van der Waals surface area contributed by atoms with Gasteiger partial charge in [0.15, 0.2) is 11.5 Å². The number of hydrogen-bond acceptors (Lipinski definition) is 5. The third-order valence-electron chi connectivity index (χ3n) is 3.93. The number of benzene rings is 2. The van der Waals surface area contributed by atoms with E-state index in [2.05, 4.69) is 26.9 Å². The molecular weight excluding hydrogens is 326 g/mol. The average Bonchev–Trinajstić information content (AvgIpc) is 2.66. The van der Waals surface area contributed by atoms with Gasteiger partial charge in [-0.1, -0.05) is 30.3 Å². The quantitative estimate of drug-likeness (QED) is 0.748. The summed E-state index contributed by atoms with van der Waals surface area (Å²) >= 11 is 0. The number of carbonyl (C=O) groups is 1. The minimum atomic E-state index is -0.320. The lowest BCUT2D eigenvalue weighted by Gasteiger charge is -2.11. The van der Waals surface area contributed by atoms with Crippen LogP contribution in [-0.2, 0) is 0 Å². The lowest BCUT2D eigenvalue weighted by atomic mass is 10.1. The second-order valence-corrected chi connectivity index (χ2v) is 5.81. The van der Waals surface area contributed by atoms with Crippen LogP contribution in [0.2, 0.25) is 0 Å². The van der Waals surface area contributed by atoms with Crippen molar-refractivity contribution in [2.75, 3.05) is 10.6 Å². The molecule has 0 aliphatic rings. The van der Waals surface area contributed by atoms with Crippen LogP contribution in [-0.4, -0.2) is 16.1 Å². The first-order valence-corrected chi connectivity index (χ1v) is 8.06. The van der Waals surface area contributed by atoms with E-state index in [-0.39, 0.29) is 11.6 Å². The van der Waals surface area contributed by atoms with E-state index in [1.165, 1.54) is 0 Å². The van der Waals surface area contributed by atoms with Crippen LogP contribution < -0.4 is 10.6 Å². The minimum absolute atomic E-state index is 0.215. The van der Waals surface area contributed by atoms with Crippen LogP contribution in [0, 0.1) is 25.2 Å². The van der Waals surface area contributed by atoms with Gasteiger partial charge in [0.25, 0.3) is 5.91 Å². The Hall–Kier alpha value is -3.72. The van der Waals surface area contributed by atoms with Crippen molar-refractivity contribution in [1.29, 1.82) is 5.26 Å². The molecule has 2 N–H and O–H groups in total. The topological polar surface area (TPSA) is 90.7 Å². The lowest BCUT2D eigenvalue weighted by molar-refractivity contribution is 0.102. The molecule has 1 amide bonds. The monoisotopic (exact) mass is 343 g/mol. The van der Waals surface area contributed by atoms with Crippen LogP contribution in [0.25, 0.3) is 0 Å². The van der Waals surface area contributed by atoms with Crippen LogP contribution in [0.5, 0.6) is 0 Å². The van der Waals surface area contributed by atoms with Gasteiger partial charge < -0.3 is 10.6 Å². The maximum atomic E-state index is 12.4. The fourth-order valence-corrected chi connectivity index (χ4v) is 2.54. The number of amides is 1. The minimum Gasteiger partial charge on any atom is -0.338 e. The Labute approximate surface area is 151 Å². The van der Waals surface area contributed by atoms with Crippen molar-refractivity contribution >= 4 is 23.1 Å². The number of nitrogens with one attached hydrogen (secondary N) is 2. The summed E-state index contributed by atoms with van der Waals surface area (Å²) in [6.45, 7) is 3.88. The van der Waals surface area contributed by atoms with Gasteiger partial charge in [0.05, 0.1) is 11.3 Å². The van der Waals surface area contributed by atoms with Crippen molar-refractivity contribution in [2.24, 2.45) is 0 Å². The fourth-order valence-electron chi connectivity index (χ4n) is 2.54. The van der Waals surface area contributed by atoms with Gasteiger partial charge in [-0.3, -0.25) is 4.79 Å². The molecule has 26 heavy (non-hydrogen) atoms. The number of nitriles is 1. The normalized spacial score (nSPS) is 10.0. The molecule has 0 atom stereocenters. The Balaban J connectivity index is 1.75. The summed E-state index contributed by atoms with van der Waals surface area (Å²) in [5.41, 5.74) is 4.11. The molecule has 3 rings (SSSR count). The van der Waals surface area contributed by atoms with E-state index in [0.717, 1.165) is 16.8 Å². The lowest BCUT2D eigenvalue weighted by Crippen LogP contribution is -2.16. The predicted octanol–water partition coefficient (Wildman–Crippen LogP) is 3.96. The number of aryl methyl sites for hydroxylation is 2. The van der Waals surface area contributed by atoms with Crippen LogP contribution in [0.1, 0.15) is 27.2 Å². The van der Waals surface area contributed by atoms with Crippen molar-refractivity contribution in [1.82, 2.24) is 10.2 Å². The zero-order valence-corrected chi connectivity index (χ0v) is 14.4. The molecule has 0 bridgehead atoms. The van der Waals surface area contributed by atoms with E-state index in [1.54, 1.807) is 30.3 Å². The Kier molecular flexibility index (Phi) is 4.90. The molecule has 0 unspecified atom stereocenters. The summed E-state index contributed by atoms with van der Waals surface area (Å²) in [5, 5.41) is 23.0. The number of anilines is 3. The Bertz CT molecular complexity index is 970. The number of rotatable bonds is 4. The molecule has 0 saturated heterocycles. The zero-order chi connectivity index (χ0) is 18.5. The second kappa shape index (κ2) is 7.45. The first-order valence-electron chi connectivity index (χ1n) is 8.06. The van der Waals surface area contributed by atoms with Gasteiger partial charge in [0.2, 0.25) is 0 Å². The zero-order valence-electron chi connectivity index (χ0n) is 14.4. The van der Waals surface area contributed by atoms with Gasteiger partial charge in [0.1, 0.15) is 6.07 Å². The van der Waals surface area contributed by atoms with Crippen molar-refractivity contribution < 1.29 is 4.79 Å². The third-order valence-corrected chi connectivity index (χ3v) is 3.93. The Morgan fingerprint density at radius 2 is 1.69 bits per heavy atom. The summed E-state index contributed by atoms with van der Waals surface area (Å²) in [7, 11) is 0. The van der Waals surface area contributed by atoms with Gasteiger partial charge in [-0.25, -0.2) is 0 Å². The van der Waals surface area contributed by atoms with Crippen LogP contribution in [0.15, 0.2) is 54.6 Å². The van der Waals surface area contributed by atoms with Crippen LogP contribution in [0.3, 0.4) is 0 Å². The molecule has 128 valence electrons. The molecule has 0 radical (unpaired) electrons. The van der Waals surface area contributed by atoms with Gasteiger partial charge >= 0.3 is 0 Å². The van der Waals surface area contributed by atoms with Crippen molar-refractivity contribution in [3.8, 4) is 6.07 Å². The SMILES string of the molecule is Cc1cccc(C)c1NC(=O)c1ccc(Nc2ccccc2C#N)nn1. The fraction of sp³-hybridized carbons (Fsp3) is 0.100.